The monoisotopic (exact) mass is 588 g/mol. The lowest BCUT2D eigenvalue weighted by atomic mass is 9.46. The first kappa shape index (κ1) is 31.8. The van der Waals surface area contributed by atoms with Gasteiger partial charge in [-0.15, -0.1) is 0 Å². The predicted molar refractivity (Wildman–Crippen MR) is 167 cm³/mol. The van der Waals surface area contributed by atoms with Crippen molar-refractivity contribution in [2.45, 2.75) is 131 Å². The number of hydrogen-bond donors (Lipinski definition) is 0. The number of fused-ring (bicyclic) bond motifs is 6. The fourth-order valence-electron chi connectivity index (χ4n) is 11.6. The van der Waals surface area contributed by atoms with Gasteiger partial charge in [-0.05, 0) is 116 Å². The van der Waals surface area contributed by atoms with Crippen molar-refractivity contribution in [2.24, 2.45) is 57.2 Å². The van der Waals surface area contributed by atoms with Crippen molar-refractivity contribution in [3.8, 4) is 0 Å². The van der Waals surface area contributed by atoms with E-state index in [2.05, 4.69) is 55.4 Å². The highest BCUT2D eigenvalue weighted by atomic mass is 16.5. The van der Waals surface area contributed by atoms with Crippen LogP contribution in [0.25, 0.3) is 0 Å². The summed E-state index contributed by atoms with van der Waals surface area (Å²) < 4.78 is 32.9. The smallest absolute Gasteiger partial charge is 0.0662 e. The van der Waals surface area contributed by atoms with E-state index in [0.717, 1.165) is 71.9 Å². The molecular weight excluding hydrogens is 524 g/mol. The van der Waals surface area contributed by atoms with E-state index in [1.807, 2.05) is 0 Å². The summed E-state index contributed by atoms with van der Waals surface area (Å²) >= 11 is 0. The minimum atomic E-state index is -0.0816. The molecule has 1 saturated carbocycles. The Morgan fingerprint density at radius 3 is 2.17 bits per heavy atom. The first-order valence-corrected chi connectivity index (χ1v) is 17.9. The zero-order valence-corrected chi connectivity index (χ0v) is 28.5. The first-order chi connectivity index (χ1) is 19.8. The minimum Gasteiger partial charge on any atom is -0.381 e. The molecule has 0 aromatic heterocycles. The van der Waals surface area contributed by atoms with Gasteiger partial charge in [0.1, 0.15) is 0 Å². The molecule has 0 spiro atoms. The lowest BCUT2D eigenvalue weighted by molar-refractivity contribution is -0.193. The summed E-state index contributed by atoms with van der Waals surface area (Å²) in [5.41, 5.74) is 0.238. The van der Waals surface area contributed by atoms with Crippen LogP contribution in [0.2, 0.25) is 0 Å². The molecule has 6 saturated heterocycles. The maximum atomic E-state index is 7.02. The van der Waals surface area contributed by atoms with E-state index in [9.17, 15) is 0 Å². The Hall–Kier alpha value is -0.200. The van der Waals surface area contributed by atoms with E-state index in [0.29, 0.717) is 41.6 Å². The molecule has 7 fully saturated rings. The van der Waals surface area contributed by atoms with Crippen LogP contribution in [0.15, 0.2) is 0 Å². The van der Waals surface area contributed by atoms with E-state index >= 15 is 0 Å². The van der Waals surface area contributed by atoms with Gasteiger partial charge in [0.15, 0.2) is 0 Å². The standard InChI is InChI=1S/C37H64O5/c1-25-20-35(6)21-26-11-19-41-32(26)34(4,5)37(8,31-10-9-16-40-31)15-14-36(7,33(2,3)27-12-17-38-22-27)30-13-18-39-23-29(30)28(25)24-42-35/h25-32H,9-24H2,1-8H3/t25?,26?,27?,28?,29?,30?,31-,32?,35?,36+,37-/m0/s1. The number of ether oxygens (including phenoxy) is 5. The largest absolute Gasteiger partial charge is 0.381 e. The Morgan fingerprint density at radius 2 is 1.48 bits per heavy atom. The average Bonchev–Trinajstić information content (AvgIpc) is 3.74. The van der Waals surface area contributed by atoms with E-state index in [4.69, 9.17) is 23.7 Å². The Kier molecular flexibility index (Phi) is 8.74. The molecule has 2 bridgehead atoms. The van der Waals surface area contributed by atoms with Crippen molar-refractivity contribution in [3.05, 3.63) is 0 Å². The Bertz CT molecular complexity index is 936. The molecule has 5 nitrogen and oxygen atoms in total. The van der Waals surface area contributed by atoms with Gasteiger partial charge in [0.25, 0.3) is 0 Å². The van der Waals surface area contributed by atoms with Crippen LogP contribution in [0.3, 0.4) is 0 Å². The highest BCUT2D eigenvalue weighted by molar-refractivity contribution is 5.09. The summed E-state index contributed by atoms with van der Waals surface area (Å²) in [5.74, 6) is 3.46. The van der Waals surface area contributed by atoms with Gasteiger partial charge in [-0.25, -0.2) is 0 Å². The topological polar surface area (TPSA) is 46.2 Å². The summed E-state index contributed by atoms with van der Waals surface area (Å²) in [7, 11) is 0. The second-order valence-electron chi connectivity index (χ2n) is 17.6. The second kappa shape index (κ2) is 11.6. The molecule has 42 heavy (non-hydrogen) atoms. The molecule has 11 atom stereocenters. The van der Waals surface area contributed by atoms with Crippen LogP contribution in [0.4, 0.5) is 0 Å². The molecule has 0 radical (unpaired) electrons. The van der Waals surface area contributed by atoms with Crippen molar-refractivity contribution in [3.63, 3.8) is 0 Å². The van der Waals surface area contributed by atoms with Crippen LogP contribution in [-0.4, -0.2) is 64.1 Å². The Balaban J connectivity index is 1.47. The zero-order valence-electron chi connectivity index (χ0n) is 28.5. The molecule has 6 aliphatic heterocycles. The Labute approximate surface area is 257 Å². The van der Waals surface area contributed by atoms with Gasteiger partial charge in [-0.1, -0.05) is 48.5 Å². The molecule has 7 aliphatic rings. The molecule has 0 aromatic carbocycles. The fourth-order valence-corrected chi connectivity index (χ4v) is 11.6. The highest BCUT2D eigenvalue weighted by Crippen LogP contribution is 2.63. The second-order valence-corrected chi connectivity index (χ2v) is 17.6. The number of hydrogen-bond acceptors (Lipinski definition) is 5. The van der Waals surface area contributed by atoms with E-state index in [1.54, 1.807) is 0 Å². The van der Waals surface area contributed by atoms with Crippen molar-refractivity contribution in [2.75, 3.05) is 46.2 Å². The maximum absolute atomic E-state index is 7.02. The summed E-state index contributed by atoms with van der Waals surface area (Å²) in [6, 6.07) is 0. The van der Waals surface area contributed by atoms with Gasteiger partial charge in [0, 0.05) is 38.4 Å². The van der Waals surface area contributed by atoms with Gasteiger partial charge in [0.05, 0.1) is 31.0 Å². The van der Waals surface area contributed by atoms with Gasteiger partial charge in [-0.3, -0.25) is 0 Å². The molecule has 8 unspecified atom stereocenters. The molecule has 5 heteroatoms. The van der Waals surface area contributed by atoms with Crippen molar-refractivity contribution in [1.82, 2.24) is 0 Å². The minimum absolute atomic E-state index is 0.0108. The van der Waals surface area contributed by atoms with Crippen LogP contribution in [0, 0.1) is 57.2 Å². The summed E-state index contributed by atoms with van der Waals surface area (Å²) in [5, 5.41) is 0. The number of rotatable bonds is 3. The first-order valence-electron chi connectivity index (χ1n) is 17.9. The zero-order chi connectivity index (χ0) is 30.0. The summed E-state index contributed by atoms with van der Waals surface area (Å²) in [4.78, 5) is 0. The molecule has 0 amide bonds. The predicted octanol–water partition coefficient (Wildman–Crippen LogP) is 7.94. The molecule has 6 heterocycles. The lowest BCUT2D eigenvalue weighted by Gasteiger charge is -2.60. The molecular formula is C37H64O5. The van der Waals surface area contributed by atoms with Crippen molar-refractivity contribution >= 4 is 0 Å². The van der Waals surface area contributed by atoms with Gasteiger partial charge >= 0.3 is 0 Å². The van der Waals surface area contributed by atoms with Crippen molar-refractivity contribution < 1.29 is 23.7 Å². The summed E-state index contributed by atoms with van der Waals surface area (Å²) in [6.07, 6.45) is 11.0. The van der Waals surface area contributed by atoms with Crippen LogP contribution >= 0.6 is 0 Å². The lowest BCUT2D eigenvalue weighted by Crippen LogP contribution is -2.58. The molecule has 242 valence electrons. The van der Waals surface area contributed by atoms with Crippen LogP contribution in [-0.2, 0) is 23.7 Å². The Morgan fingerprint density at radius 1 is 0.714 bits per heavy atom. The molecule has 0 aromatic rings. The van der Waals surface area contributed by atoms with E-state index in [1.165, 1.54) is 32.1 Å². The third-order valence-corrected chi connectivity index (χ3v) is 15.2. The molecule has 0 N–H and O–H groups in total. The van der Waals surface area contributed by atoms with Gasteiger partial charge in [-0.2, -0.15) is 0 Å². The van der Waals surface area contributed by atoms with Crippen molar-refractivity contribution in [1.29, 1.82) is 0 Å². The normalized spacial score (nSPS) is 50.3. The third-order valence-electron chi connectivity index (χ3n) is 15.2. The quantitative estimate of drug-likeness (QED) is 0.335. The maximum Gasteiger partial charge on any atom is 0.0662 e. The van der Waals surface area contributed by atoms with Crippen LogP contribution in [0.5, 0.6) is 0 Å². The SMILES string of the molecule is CC1CC2(C)CC3CCOC3C(C)(C)[C@](C)([C@@H]3CCCO3)CC[C@@](C)(C(C)(C)C3CCOC3)C3CCOCC3C1CO2. The van der Waals surface area contributed by atoms with Gasteiger partial charge in [0.2, 0.25) is 0 Å². The fraction of sp³-hybridized carbons (Fsp3) is 1.00. The molecule has 1 aliphatic carbocycles. The average molecular weight is 589 g/mol. The van der Waals surface area contributed by atoms with Crippen LogP contribution < -0.4 is 0 Å². The third kappa shape index (κ3) is 5.16. The van der Waals surface area contributed by atoms with Gasteiger partial charge < -0.3 is 23.7 Å². The van der Waals surface area contributed by atoms with Crippen LogP contribution in [0.1, 0.15) is 113 Å². The van der Waals surface area contributed by atoms with E-state index in [-0.39, 0.29) is 33.4 Å². The summed E-state index contributed by atoms with van der Waals surface area (Å²) in [6.45, 7) is 26.8. The highest BCUT2D eigenvalue weighted by Gasteiger charge is 2.60. The van der Waals surface area contributed by atoms with E-state index < -0.39 is 0 Å². The molecule has 7 rings (SSSR count).